The first-order chi connectivity index (χ1) is 11.2. The zero-order chi connectivity index (χ0) is 17.9. The van der Waals surface area contributed by atoms with Crippen LogP contribution in [0.2, 0.25) is 0 Å². The third kappa shape index (κ3) is 4.40. The van der Waals surface area contributed by atoms with Crippen LogP contribution in [0.25, 0.3) is 5.57 Å². The van der Waals surface area contributed by atoms with Crippen molar-refractivity contribution >= 4 is 17.5 Å². The number of anilines is 1. The molecule has 0 saturated carbocycles. The highest BCUT2D eigenvalue weighted by atomic mass is 16.6. The second kappa shape index (κ2) is 7.11. The summed E-state index contributed by atoms with van der Waals surface area (Å²) in [7, 11) is 1.64. The summed E-state index contributed by atoms with van der Waals surface area (Å²) < 4.78 is 10.9. The van der Waals surface area contributed by atoms with Crippen LogP contribution in [0, 0.1) is 0 Å². The van der Waals surface area contributed by atoms with E-state index in [-0.39, 0.29) is 6.09 Å². The van der Waals surface area contributed by atoms with Crippen molar-refractivity contribution in [3.05, 3.63) is 24.4 Å². The Morgan fingerprint density at radius 3 is 2.38 bits per heavy atom. The number of amides is 1. The van der Waals surface area contributed by atoms with Gasteiger partial charge in [0.05, 0.1) is 7.11 Å². The van der Waals surface area contributed by atoms with Gasteiger partial charge in [-0.15, -0.1) is 0 Å². The van der Waals surface area contributed by atoms with Gasteiger partial charge in [-0.05, 0) is 44.9 Å². The Bertz CT molecular complexity index is 614. The molecular weight excluding hydrogens is 306 g/mol. The van der Waals surface area contributed by atoms with Gasteiger partial charge in [-0.25, -0.2) is 9.78 Å². The number of ether oxygens (including phenoxy) is 2. The molecule has 0 radical (unpaired) electrons. The number of nitrogens with zero attached hydrogens (tertiary/aromatic N) is 3. The topological polar surface area (TPSA) is 54.9 Å². The normalized spacial score (nSPS) is 15.2. The molecule has 0 N–H and O–H groups in total. The lowest BCUT2D eigenvalue weighted by molar-refractivity contribution is 0.0240. The van der Waals surface area contributed by atoms with E-state index in [1.807, 2.05) is 33.8 Å². The minimum absolute atomic E-state index is 0.264. The largest absolute Gasteiger partial charge is 0.493 e. The molecule has 1 aliphatic rings. The van der Waals surface area contributed by atoms with E-state index in [2.05, 4.69) is 16.5 Å². The van der Waals surface area contributed by atoms with Gasteiger partial charge in [0.2, 0.25) is 0 Å². The standard InChI is InChI=1S/C18H27N3O3/c1-13(2)14-11-15(23-6)16(19-12-14)20-7-9-21(10-8-20)17(22)24-18(3,4)5/h11-12H,1,7-10H2,2-6H3. The molecule has 1 aromatic heterocycles. The summed E-state index contributed by atoms with van der Waals surface area (Å²) in [5.41, 5.74) is 1.43. The Labute approximate surface area is 144 Å². The molecule has 0 aliphatic carbocycles. The molecule has 2 rings (SSSR count). The lowest BCUT2D eigenvalue weighted by Crippen LogP contribution is -2.50. The predicted molar refractivity (Wildman–Crippen MR) is 95.5 cm³/mol. The van der Waals surface area contributed by atoms with Crippen LogP contribution in [-0.2, 0) is 4.74 Å². The fourth-order valence-corrected chi connectivity index (χ4v) is 2.49. The maximum absolute atomic E-state index is 12.1. The van der Waals surface area contributed by atoms with Gasteiger partial charge in [-0.1, -0.05) is 6.58 Å². The first-order valence-corrected chi connectivity index (χ1v) is 8.14. The molecule has 1 fully saturated rings. The van der Waals surface area contributed by atoms with E-state index in [9.17, 15) is 4.79 Å². The monoisotopic (exact) mass is 333 g/mol. The summed E-state index contributed by atoms with van der Waals surface area (Å²) in [4.78, 5) is 20.5. The second-order valence-electron chi connectivity index (χ2n) is 6.98. The van der Waals surface area contributed by atoms with Crippen molar-refractivity contribution in [3.8, 4) is 5.75 Å². The van der Waals surface area contributed by atoms with Gasteiger partial charge in [0.25, 0.3) is 0 Å². The number of methoxy groups -OCH3 is 1. The summed E-state index contributed by atoms with van der Waals surface area (Å²) in [6.45, 7) is 14.1. The van der Waals surface area contributed by atoms with Crippen molar-refractivity contribution in [1.29, 1.82) is 0 Å². The predicted octanol–water partition coefficient (Wildman–Crippen LogP) is 3.18. The third-order valence-corrected chi connectivity index (χ3v) is 3.78. The fourth-order valence-electron chi connectivity index (χ4n) is 2.49. The summed E-state index contributed by atoms with van der Waals surface area (Å²) in [5, 5.41) is 0. The number of aromatic nitrogens is 1. The van der Waals surface area contributed by atoms with E-state index >= 15 is 0 Å². The summed E-state index contributed by atoms with van der Waals surface area (Å²) >= 11 is 0. The summed E-state index contributed by atoms with van der Waals surface area (Å²) in [5.74, 6) is 1.52. The molecule has 0 aromatic carbocycles. The molecule has 0 bridgehead atoms. The summed E-state index contributed by atoms with van der Waals surface area (Å²) in [6, 6.07) is 1.95. The Hall–Kier alpha value is -2.24. The van der Waals surface area contributed by atoms with Crippen LogP contribution in [0.5, 0.6) is 5.75 Å². The second-order valence-corrected chi connectivity index (χ2v) is 6.98. The van der Waals surface area contributed by atoms with Crippen LogP contribution in [0.3, 0.4) is 0 Å². The van der Waals surface area contributed by atoms with Crippen LogP contribution in [-0.4, -0.2) is 54.9 Å². The lowest BCUT2D eigenvalue weighted by Gasteiger charge is -2.36. The van der Waals surface area contributed by atoms with Crippen LogP contribution >= 0.6 is 0 Å². The SMILES string of the molecule is C=C(C)c1cnc(N2CCN(C(=O)OC(C)(C)C)CC2)c(OC)c1. The molecule has 0 atom stereocenters. The van der Waals surface area contributed by atoms with E-state index in [0.717, 1.165) is 22.7 Å². The zero-order valence-corrected chi connectivity index (χ0v) is 15.3. The van der Waals surface area contributed by atoms with Crippen molar-refractivity contribution in [3.63, 3.8) is 0 Å². The van der Waals surface area contributed by atoms with Crippen molar-refractivity contribution in [2.45, 2.75) is 33.3 Å². The number of pyridine rings is 1. The highest BCUT2D eigenvalue weighted by molar-refractivity contribution is 5.69. The summed E-state index contributed by atoms with van der Waals surface area (Å²) in [6.07, 6.45) is 1.54. The molecule has 24 heavy (non-hydrogen) atoms. The van der Waals surface area contributed by atoms with Crippen molar-refractivity contribution in [2.24, 2.45) is 0 Å². The Morgan fingerprint density at radius 1 is 1.25 bits per heavy atom. The van der Waals surface area contributed by atoms with E-state index in [1.54, 1.807) is 18.2 Å². The number of carbonyl (C=O) groups is 1. The molecular formula is C18H27N3O3. The van der Waals surface area contributed by atoms with Crippen molar-refractivity contribution < 1.29 is 14.3 Å². The third-order valence-electron chi connectivity index (χ3n) is 3.78. The average molecular weight is 333 g/mol. The smallest absolute Gasteiger partial charge is 0.410 e. The molecule has 0 spiro atoms. The average Bonchev–Trinajstić information content (AvgIpc) is 2.52. The quantitative estimate of drug-likeness (QED) is 0.850. The maximum Gasteiger partial charge on any atom is 0.410 e. The van der Waals surface area contributed by atoms with Gasteiger partial charge < -0.3 is 19.3 Å². The molecule has 6 nitrogen and oxygen atoms in total. The van der Waals surface area contributed by atoms with Gasteiger partial charge in [0.1, 0.15) is 5.60 Å². The molecule has 0 unspecified atom stereocenters. The lowest BCUT2D eigenvalue weighted by atomic mass is 10.1. The first-order valence-electron chi connectivity index (χ1n) is 8.14. The molecule has 2 heterocycles. The first kappa shape index (κ1) is 18.1. The number of hydrogen-bond donors (Lipinski definition) is 0. The number of carbonyl (C=O) groups excluding carboxylic acids is 1. The van der Waals surface area contributed by atoms with Gasteiger partial charge in [0, 0.05) is 32.4 Å². The molecule has 1 saturated heterocycles. The van der Waals surface area contributed by atoms with Crippen molar-refractivity contribution in [1.82, 2.24) is 9.88 Å². The van der Waals surface area contributed by atoms with Crippen molar-refractivity contribution in [2.75, 3.05) is 38.2 Å². The zero-order valence-electron chi connectivity index (χ0n) is 15.3. The number of piperazine rings is 1. The highest BCUT2D eigenvalue weighted by Crippen LogP contribution is 2.29. The highest BCUT2D eigenvalue weighted by Gasteiger charge is 2.27. The Kier molecular flexibility index (Phi) is 5.36. The Balaban J connectivity index is 2.04. The molecule has 132 valence electrons. The van der Waals surface area contributed by atoms with E-state index in [4.69, 9.17) is 9.47 Å². The number of rotatable bonds is 3. The molecule has 1 aliphatic heterocycles. The molecule has 6 heteroatoms. The van der Waals surface area contributed by atoms with Gasteiger partial charge >= 0.3 is 6.09 Å². The van der Waals surface area contributed by atoms with E-state index in [0.29, 0.717) is 26.2 Å². The van der Waals surface area contributed by atoms with Gasteiger partial charge in [0.15, 0.2) is 11.6 Å². The van der Waals surface area contributed by atoms with Crippen LogP contribution in [0.1, 0.15) is 33.3 Å². The molecule has 1 amide bonds. The Morgan fingerprint density at radius 2 is 1.88 bits per heavy atom. The van der Waals surface area contributed by atoms with Crippen LogP contribution in [0.4, 0.5) is 10.6 Å². The van der Waals surface area contributed by atoms with E-state index < -0.39 is 5.60 Å². The minimum atomic E-state index is -0.475. The van der Waals surface area contributed by atoms with Crippen LogP contribution in [0.15, 0.2) is 18.8 Å². The minimum Gasteiger partial charge on any atom is -0.493 e. The number of allylic oxidation sites excluding steroid dienone is 1. The fraction of sp³-hybridized carbons (Fsp3) is 0.556. The number of hydrogen-bond acceptors (Lipinski definition) is 5. The molecule has 1 aromatic rings. The van der Waals surface area contributed by atoms with Gasteiger partial charge in [-0.3, -0.25) is 0 Å². The van der Waals surface area contributed by atoms with E-state index in [1.165, 1.54) is 0 Å². The van der Waals surface area contributed by atoms with Crippen LogP contribution < -0.4 is 9.64 Å². The maximum atomic E-state index is 12.1. The van der Waals surface area contributed by atoms with Gasteiger partial charge in [-0.2, -0.15) is 0 Å².